The van der Waals surface area contributed by atoms with Gasteiger partial charge in [-0.1, -0.05) is 17.4 Å². The Bertz CT molecular complexity index is 1220. The molecule has 2 aromatic carbocycles. The summed E-state index contributed by atoms with van der Waals surface area (Å²) in [5.41, 5.74) is -2.58. The molecule has 32 heavy (non-hydrogen) atoms. The van der Waals surface area contributed by atoms with Gasteiger partial charge in [0, 0.05) is 0 Å². The van der Waals surface area contributed by atoms with Crippen LogP contribution in [-0.2, 0) is 4.74 Å². The standard InChI is InChI=1S/C19H10BrF5N2O4S/c1-2-31-18(30)16-14(8-9(21)11(23)13(25)12(24)10(8)22)26-19(32-16)27-17(29)6-4-3-5-7(20)15(6)28/h3-5,28H,2H2,1H3,(H,26,27,29). The quantitative estimate of drug-likeness (QED) is 0.197. The topological polar surface area (TPSA) is 88.5 Å². The maximum atomic E-state index is 14.3. The van der Waals surface area contributed by atoms with Crippen LogP contribution >= 0.6 is 27.3 Å². The number of phenols is 1. The van der Waals surface area contributed by atoms with Gasteiger partial charge in [-0.05, 0) is 35.0 Å². The number of aromatic nitrogens is 1. The van der Waals surface area contributed by atoms with E-state index in [2.05, 4.69) is 26.2 Å². The van der Waals surface area contributed by atoms with Gasteiger partial charge in [0.05, 0.1) is 22.2 Å². The number of amides is 1. The van der Waals surface area contributed by atoms with Gasteiger partial charge in [0.2, 0.25) is 5.82 Å². The molecule has 3 aromatic rings. The van der Waals surface area contributed by atoms with E-state index in [1.807, 2.05) is 0 Å². The fourth-order valence-electron chi connectivity index (χ4n) is 2.55. The monoisotopic (exact) mass is 536 g/mol. The number of nitrogens with one attached hydrogen (secondary N) is 1. The summed E-state index contributed by atoms with van der Waals surface area (Å²) >= 11 is 3.41. The van der Waals surface area contributed by atoms with Crippen LogP contribution in [0.15, 0.2) is 22.7 Å². The van der Waals surface area contributed by atoms with Gasteiger partial charge in [-0.25, -0.2) is 31.7 Å². The molecule has 3 rings (SSSR count). The molecule has 0 radical (unpaired) electrons. The van der Waals surface area contributed by atoms with E-state index < -0.39 is 68.0 Å². The van der Waals surface area contributed by atoms with Crippen molar-refractivity contribution in [3.8, 4) is 17.0 Å². The SMILES string of the molecule is CCOC(=O)c1sc(NC(=O)c2cccc(Br)c2O)nc1-c1c(F)c(F)c(F)c(F)c1F. The zero-order valence-electron chi connectivity index (χ0n) is 15.7. The highest BCUT2D eigenvalue weighted by Gasteiger charge is 2.32. The number of para-hydroxylation sites is 1. The fourth-order valence-corrected chi connectivity index (χ4v) is 3.78. The maximum Gasteiger partial charge on any atom is 0.350 e. The van der Waals surface area contributed by atoms with Crippen LogP contribution in [0.1, 0.15) is 27.0 Å². The van der Waals surface area contributed by atoms with E-state index in [0.29, 0.717) is 11.3 Å². The minimum absolute atomic E-state index is 0.166. The molecule has 6 nitrogen and oxygen atoms in total. The van der Waals surface area contributed by atoms with Crippen LogP contribution in [-0.4, -0.2) is 28.6 Å². The Morgan fingerprint density at radius 3 is 2.28 bits per heavy atom. The molecule has 1 heterocycles. The Morgan fingerprint density at radius 1 is 1.09 bits per heavy atom. The lowest BCUT2D eigenvalue weighted by Crippen LogP contribution is -2.12. The second-order valence-electron chi connectivity index (χ2n) is 5.95. The molecule has 0 fully saturated rings. The summed E-state index contributed by atoms with van der Waals surface area (Å²) in [4.78, 5) is 27.8. The molecule has 0 bridgehead atoms. The Morgan fingerprint density at radius 2 is 1.69 bits per heavy atom. The smallest absolute Gasteiger partial charge is 0.350 e. The number of phenolic OH excluding ortho intramolecular Hbond substituents is 1. The molecule has 2 N–H and O–H groups in total. The molecule has 0 saturated carbocycles. The molecule has 1 amide bonds. The third kappa shape index (κ3) is 4.17. The van der Waals surface area contributed by atoms with Crippen LogP contribution in [0.25, 0.3) is 11.3 Å². The molecule has 1 aromatic heterocycles. The number of aromatic hydroxyl groups is 1. The van der Waals surface area contributed by atoms with E-state index >= 15 is 0 Å². The van der Waals surface area contributed by atoms with Crippen molar-refractivity contribution in [2.24, 2.45) is 0 Å². The van der Waals surface area contributed by atoms with E-state index in [1.54, 1.807) is 0 Å². The molecule has 13 heteroatoms. The van der Waals surface area contributed by atoms with E-state index in [0.717, 1.165) is 0 Å². The van der Waals surface area contributed by atoms with Crippen molar-refractivity contribution in [1.29, 1.82) is 0 Å². The summed E-state index contributed by atoms with van der Waals surface area (Å²) in [5.74, 6) is -13.8. The first-order chi connectivity index (χ1) is 15.1. The molecule has 0 unspecified atom stereocenters. The maximum absolute atomic E-state index is 14.3. The van der Waals surface area contributed by atoms with Crippen LogP contribution in [0.3, 0.4) is 0 Å². The summed E-state index contributed by atoms with van der Waals surface area (Å²) in [5, 5.41) is 11.8. The number of carbonyl (C=O) groups excluding carboxylic acids is 2. The lowest BCUT2D eigenvalue weighted by atomic mass is 10.1. The molecule has 0 aliphatic rings. The lowest BCUT2D eigenvalue weighted by molar-refractivity contribution is 0.0532. The van der Waals surface area contributed by atoms with Gasteiger partial charge in [0.1, 0.15) is 16.3 Å². The highest BCUT2D eigenvalue weighted by Crippen LogP contribution is 2.38. The van der Waals surface area contributed by atoms with Crippen molar-refractivity contribution >= 4 is 44.3 Å². The van der Waals surface area contributed by atoms with Crippen LogP contribution in [0, 0.1) is 29.1 Å². The van der Waals surface area contributed by atoms with Crippen LogP contribution in [0.5, 0.6) is 5.75 Å². The minimum atomic E-state index is -2.38. The van der Waals surface area contributed by atoms with Gasteiger partial charge < -0.3 is 9.84 Å². The molecule has 0 spiro atoms. The average Bonchev–Trinajstić information content (AvgIpc) is 3.16. The summed E-state index contributed by atoms with van der Waals surface area (Å²) in [7, 11) is 0. The van der Waals surface area contributed by atoms with Gasteiger partial charge >= 0.3 is 5.97 Å². The van der Waals surface area contributed by atoms with Gasteiger partial charge in [-0.2, -0.15) is 0 Å². The van der Waals surface area contributed by atoms with Crippen LogP contribution in [0.4, 0.5) is 27.1 Å². The van der Waals surface area contributed by atoms with Crippen LogP contribution in [0.2, 0.25) is 0 Å². The largest absolute Gasteiger partial charge is 0.506 e. The summed E-state index contributed by atoms with van der Waals surface area (Å²) in [6.45, 7) is 1.26. The number of benzene rings is 2. The normalized spacial score (nSPS) is 10.8. The first-order valence-electron chi connectivity index (χ1n) is 8.57. The second kappa shape index (κ2) is 9.20. The van der Waals surface area contributed by atoms with E-state index in [9.17, 15) is 36.6 Å². The van der Waals surface area contributed by atoms with Crippen molar-refractivity contribution in [2.45, 2.75) is 6.92 Å². The third-order valence-corrected chi connectivity index (χ3v) is 5.58. The highest BCUT2D eigenvalue weighted by atomic mass is 79.9. The Kier molecular flexibility index (Phi) is 6.79. The number of esters is 1. The van der Waals surface area contributed by atoms with Crippen molar-refractivity contribution in [2.75, 3.05) is 11.9 Å². The average molecular weight is 537 g/mol. The van der Waals surface area contributed by atoms with Gasteiger partial charge in [0.15, 0.2) is 28.4 Å². The number of halogens is 6. The van der Waals surface area contributed by atoms with Gasteiger partial charge in [-0.15, -0.1) is 0 Å². The minimum Gasteiger partial charge on any atom is -0.506 e. The van der Waals surface area contributed by atoms with Gasteiger partial charge in [0.25, 0.3) is 5.91 Å². The summed E-state index contributed by atoms with van der Waals surface area (Å²) in [6.07, 6.45) is 0. The molecule has 0 atom stereocenters. The van der Waals surface area contributed by atoms with Crippen molar-refractivity contribution in [3.63, 3.8) is 0 Å². The first kappa shape index (κ1) is 23.6. The Hall–Kier alpha value is -3.06. The Labute approximate surface area is 188 Å². The number of nitrogens with zero attached hydrogens (tertiary/aromatic N) is 1. The highest BCUT2D eigenvalue weighted by molar-refractivity contribution is 9.10. The molecule has 0 aliphatic carbocycles. The number of ether oxygens (including phenoxy) is 1. The number of hydrogen-bond acceptors (Lipinski definition) is 6. The molecular formula is C19H10BrF5N2O4S. The lowest BCUT2D eigenvalue weighted by Gasteiger charge is -2.08. The number of anilines is 1. The number of hydrogen-bond donors (Lipinski definition) is 2. The predicted octanol–water partition coefficient (Wildman–Crippen LogP) is 5.40. The molecular weight excluding hydrogens is 527 g/mol. The zero-order chi connectivity index (χ0) is 23.7. The van der Waals surface area contributed by atoms with Crippen molar-refractivity contribution in [3.05, 3.63) is 62.2 Å². The number of carbonyl (C=O) groups is 2. The number of rotatable bonds is 5. The van der Waals surface area contributed by atoms with Crippen molar-refractivity contribution in [1.82, 2.24) is 4.98 Å². The van der Waals surface area contributed by atoms with E-state index in [-0.39, 0.29) is 16.6 Å². The summed E-state index contributed by atoms with van der Waals surface area (Å²) < 4.78 is 74.4. The van der Waals surface area contributed by atoms with E-state index in [1.165, 1.54) is 25.1 Å². The Balaban J connectivity index is 2.14. The molecule has 168 valence electrons. The second-order valence-corrected chi connectivity index (χ2v) is 7.81. The van der Waals surface area contributed by atoms with E-state index in [4.69, 9.17) is 4.74 Å². The fraction of sp³-hybridized carbons (Fsp3) is 0.105. The first-order valence-corrected chi connectivity index (χ1v) is 10.2. The van der Waals surface area contributed by atoms with Crippen LogP contribution < -0.4 is 5.32 Å². The zero-order valence-corrected chi connectivity index (χ0v) is 18.1. The predicted molar refractivity (Wildman–Crippen MR) is 107 cm³/mol. The number of thiazole rings is 1. The molecule has 0 saturated heterocycles. The summed E-state index contributed by atoms with van der Waals surface area (Å²) in [6, 6.07) is 4.14. The van der Waals surface area contributed by atoms with Crippen molar-refractivity contribution < 1.29 is 41.4 Å². The van der Waals surface area contributed by atoms with Gasteiger partial charge in [-0.3, -0.25) is 10.1 Å². The molecule has 0 aliphatic heterocycles. The third-order valence-electron chi connectivity index (χ3n) is 3.99.